The predicted molar refractivity (Wildman–Crippen MR) is 69.9 cm³/mol. The number of hydrogen-bond donors (Lipinski definition) is 4. The van der Waals surface area contributed by atoms with Gasteiger partial charge in [0.2, 0.25) is 0 Å². The lowest BCUT2D eigenvalue weighted by Crippen LogP contribution is -2.40. The molecule has 0 spiro atoms. The van der Waals surface area contributed by atoms with E-state index in [0.717, 1.165) is 39.3 Å². The van der Waals surface area contributed by atoms with Gasteiger partial charge in [0.05, 0.1) is 0 Å². The molecule has 0 aliphatic carbocycles. The SMILES string of the molecule is C[C@@H]1CCNCCN[C@@H](C)CCNCCN1. The van der Waals surface area contributed by atoms with Crippen molar-refractivity contribution in [1.29, 1.82) is 0 Å². The van der Waals surface area contributed by atoms with Crippen LogP contribution < -0.4 is 21.3 Å². The first kappa shape index (κ1) is 13.9. The first-order valence-corrected chi connectivity index (χ1v) is 6.67. The summed E-state index contributed by atoms with van der Waals surface area (Å²) in [5, 5.41) is 14.0. The van der Waals surface area contributed by atoms with Crippen LogP contribution in [0.15, 0.2) is 0 Å². The van der Waals surface area contributed by atoms with Gasteiger partial charge in [-0.15, -0.1) is 0 Å². The summed E-state index contributed by atoms with van der Waals surface area (Å²) in [6.07, 6.45) is 2.41. The van der Waals surface area contributed by atoms with E-state index in [1.54, 1.807) is 0 Å². The highest BCUT2D eigenvalue weighted by Crippen LogP contribution is 1.90. The zero-order chi connectivity index (χ0) is 11.6. The Bertz CT molecular complexity index is 129. The van der Waals surface area contributed by atoms with Crippen molar-refractivity contribution in [1.82, 2.24) is 21.3 Å². The largest absolute Gasteiger partial charge is 0.315 e. The lowest BCUT2D eigenvalue weighted by molar-refractivity contribution is 0.445. The van der Waals surface area contributed by atoms with Gasteiger partial charge in [-0.2, -0.15) is 0 Å². The molecular formula is C12H28N4. The van der Waals surface area contributed by atoms with E-state index in [0.29, 0.717) is 12.1 Å². The van der Waals surface area contributed by atoms with Crippen molar-refractivity contribution >= 4 is 0 Å². The Kier molecular flexibility index (Phi) is 7.76. The Hall–Kier alpha value is -0.160. The molecule has 0 radical (unpaired) electrons. The minimum absolute atomic E-state index is 0.615. The average molecular weight is 228 g/mol. The molecule has 0 aromatic carbocycles. The minimum atomic E-state index is 0.615. The van der Waals surface area contributed by atoms with E-state index >= 15 is 0 Å². The summed E-state index contributed by atoms with van der Waals surface area (Å²) in [4.78, 5) is 0. The molecule has 0 bridgehead atoms. The normalized spacial score (nSPS) is 31.9. The van der Waals surface area contributed by atoms with Crippen LogP contribution >= 0.6 is 0 Å². The van der Waals surface area contributed by atoms with Gasteiger partial charge in [0, 0.05) is 38.3 Å². The van der Waals surface area contributed by atoms with Crippen LogP contribution in [-0.2, 0) is 0 Å². The summed E-state index contributed by atoms with van der Waals surface area (Å²) in [6.45, 7) is 11.0. The molecule has 4 nitrogen and oxygen atoms in total. The van der Waals surface area contributed by atoms with Crippen LogP contribution in [0.1, 0.15) is 26.7 Å². The number of nitrogens with one attached hydrogen (secondary N) is 4. The first-order chi connectivity index (χ1) is 7.79. The maximum absolute atomic E-state index is 3.53. The van der Waals surface area contributed by atoms with Crippen LogP contribution in [0.25, 0.3) is 0 Å². The fraction of sp³-hybridized carbons (Fsp3) is 1.00. The fourth-order valence-electron chi connectivity index (χ4n) is 1.91. The summed E-state index contributed by atoms with van der Waals surface area (Å²) < 4.78 is 0. The molecule has 1 saturated heterocycles. The monoisotopic (exact) mass is 228 g/mol. The van der Waals surface area contributed by atoms with Gasteiger partial charge in [-0.25, -0.2) is 0 Å². The molecule has 0 saturated carbocycles. The second-order valence-electron chi connectivity index (χ2n) is 4.79. The maximum atomic E-state index is 3.53. The lowest BCUT2D eigenvalue weighted by atomic mass is 10.2. The van der Waals surface area contributed by atoms with Gasteiger partial charge in [-0.1, -0.05) is 0 Å². The fourth-order valence-corrected chi connectivity index (χ4v) is 1.91. The van der Waals surface area contributed by atoms with E-state index in [-0.39, 0.29) is 0 Å². The molecular weight excluding hydrogens is 200 g/mol. The first-order valence-electron chi connectivity index (χ1n) is 6.67. The van der Waals surface area contributed by atoms with E-state index in [9.17, 15) is 0 Å². The van der Waals surface area contributed by atoms with Crippen LogP contribution in [0, 0.1) is 0 Å². The minimum Gasteiger partial charge on any atom is -0.315 e. The summed E-state index contributed by atoms with van der Waals surface area (Å²) in [5.74, 6) is 0. The molecule has 1 heterocycles. The predicted octanol–water partition coefficient (Wildman–Crippen LogP) is -0.0844. The van der Waals surface area contributed by atoms with Crippen molar-refractivity contribution in [3.63, 3.8) is 0 Å². The number of rotatable bonds is 0. The van der Waals surface area contributed by atoms with E-state index in [1.165, 1.54) is 12.8 Å². The van der Waals surface area contributed by atoms with Crippen LogP contribution in [0.4, 0.5) is 0 Å². The van der Waals surface area contributed by atoms with Crippen molar-refractivity contribution in [2.75, 3.05) is 39.3 Å². The van der Waals surface area contributed by atoms with Gasteiger partial charge >= 0.3 is 0 Å². The highest BCUT2D eigenvalue weighted by Gasteiger charge is 2.03. The Labute approximate surface area is 99.9 Å². The summed E-state index contributed by atoms with van der Waals surface area (Å²) in [5.41, 5.74) is 0. The summed E-state index contributed by atoms with van der Waals surface area (Å²) in [7, 11) is 0. The highest BCUT2D eigenvalue weighted by atomic mass is 15.0. The quantitative estimate of drug-likeness (QED) is 0.468. The number of hydrogen-bond acceptors (Lipinski definition) is 4. The molecule has 0 aromatic rings. The van der Waals surface area contributed by atoms with Crippen molar-refractivity contribution in [2.45, 2.75) is 38.8 Å². The molecule has 0 aromatic heterocycles. The van der Waals surface area contributed by atoms with Crippen LogP contribution in [-0.4, -0.2) is 51.4 Å². The van der Waals surface area contributed by atoms with E-state index < -0.39 is 0 Å². The zero-order valence-corrected chi connectivity index (χ0v) is 10.8. The van der Waals surface area contributed by atoms with E-state index in [2.05, 4.69) is 35.1 Å². The Balaban J connectivity index is 2.18. The van der Waals surface area contributed by atoms with Crippen LogP contribution in [0.5, 0.6) is 0 Å². The third-order valence-corrected chi connectivity index (χ3v) is 3.10. The third-order valence-electron chi connectivity index (χ3n) is 3.10. The van der Waals surface area contributed by atoms with Gasteiger partial charge in [0.25, 0.3) is 0 Å². The Morgan fingerprint density at radius 2 is 1.06 bits per heavy atom. The highest BCUT2D eigenvalue weighted by molar-refractivity contribution is 4.67. The molecule has 2 atom stereocenters. The topological polar surface area (TPSA) is 48.1 Å². The van der Waals surface area contributed by atoms with Crippen molar-refractivity contribution < 1.29 is 0 Å². The molecule has 1 aliphatic heterocycles. The zero-order valence-electron chi connectivity index (χ0n) is 10.8. The van der Waals surface area contributed by atoms with Crippen molar-refractivity contribution in [2.24, 2.45) is 0 Å². The van der Waals surface area contributed by atoms with Gasteiger partial charge in [-0.3, -0.25) is 0 Å². The second-order valence-corrected chi connectivity index (χ2v) is 4.79. The molecule has 16 heavy (non-hydrogen) atoms. The van der Waals surface area contributed by atoms with Gasteiger partial charge < -0.3 is 21.3 Å². The van der Waals surface area contributed by atoms with Crippen molar-refractivity contribution in [3.05, 3.63) is 0 Å². The van der Waals surface area contributed by atoms with Crippen LogP contribution in [0.3, 0.4) is 0 Å². The molecule has 1 aliphatic rings. The Morgan fingerprint density at radius 1 is 0.625 bits per heavy atom. The van der Waals surface area contributed by atoms with Crippen LogP contribution in [0.2, 0.25) is 0 Å². The molecule has 96 valence electrons. The molecule has 0 unspecified atom stereocenters. The molecule has 0 amide bonds. The molecule has 1 fully saturated rings. The smallest absolute Gasteiger partial charge is 0.00792 e. The lowest BCUT2D eigenvalue weighted by Gasteiger charge is -2.18. The summed E-state index contributed by atoms with van der Waals surface area (Å²) >= 11 is 0. The summed E-state index contributed by atoms with van der Waals surface area (Å²) in [6, 6.07) is 1.23. The molecule has 1 rings (SSSR count). The van der Waals surface area contributed by atoms with Crippen molar-refractivity contribution in [3.8, 4) is 0 Å². The van der Waals surface area contributed by atoms with Gasteiger partial charge in [0.1, 0.15) is 0 Å². The van der Waals surface area contributed by atoms with Gasteiger partial charge in [0.15, 0.2) is 0 Å². The standard InChI is InChI=1S/C12H28N4/c1-11-3-5-13-8-10-16-12(2)4-6-14-7-9-15-11/h11-16H,3-10H2,1-2H3/t11-,12+. The Morgan fingerprint density at radius 3 is 1.50 bits per heavy atom. The molecule has 4 N–H and O–H groups in total. The maximum Gasteiger partial charge on any atom is 0.00792 e. The van der Waals surface area contributed by atoms with E-state index in [4.69, 9.17) is 0 Å². The second kappa shape index (κ2) is 8.93. The van der Waals surface area contributed by atoms with Gasteiger partial charge in [-0.05, 0) is 39.8 Å². The third kappa shape index (κ3) is 7.17. The average Bonchev–Trinajstić information content (AvgIpc) is 2.27. The molecule has 4 heteroatoms. The van der Waals surface area contributed by atoms with E-state index in [1.807, 2.05) is 0 Å².